The number of hydrogen-bond acceptors (Lipinski definition) is 5. The lowest BCUT2D eigenvalue weighted by Gasteiger charge is -2.14. The summed E-state index contributed by atoms with van der Waals surface area (Å²) < 4.78 is 0. The molecule has 4 heterocycles. The van der Waals surface area contributed by atoms with Crippen LogP contribution < -0.4 is 0 Å². The van der Waals surface area contributed by atoms with Gasteiger partial charge in [-0.3, -0.25) is 9.97 Å². The molecular weight excluding hydrogens is 611 g/mol. The molecule has 0 aliphatic heterocycles. The number of nitrogens with zero attached hydrogens (tertiary/aromatic N) is 5. The molecule has 5 nitrogen and oxygen atoms in total. The maximum absolute atomic E-state index is 5.32. The molecule has 0 saturated heterocycles. The van der Waals surface area contributed by atoms with E-state index in [0.717, 1.165) is 95.3 Å². The van der Waals surface area contributed by atoms with Crippen molar-refractivity contribution in [2.24, 2.45) is 0 Å². The van der Waals surface area contributed by atoms with E-state index < -0.39 is 0 Å². The van der Waals surface area contributed by atoms with Crippen LogP contribution in [0.15, 0.2) is 158 Å². The zero-order valence-electron chi connectivity index (χ0n) is 27.5. The van der Waals surface area contributed by atoms with Crippen molar-refractivity contribution in [3.8, 4) is 56.3 Å². The zero-order chi connectivity index (χ0) is 33.4. The van der Waals surface area contributed by atoms with Crippen LogP contribution in [0, 0.1) is 0 Å². The van der Waals surface area contributed by atoms with Gasteiger partial charge in [0.2, 0.25) is 0 Å². The van der Waals surface area contributed by atoms with E-state index in [1.54, 1.807) is 0 Å². The molecule has 0 aliphatic rings. The van der Waals surface area contributed by atoms with Crippen molar-refractivity contribution in [1.29, 1.82) is 0 Å². The van der Waals surface area contributed by atoms with E-state index in [1.807, 2.05) is 48.7 Å². The number of pyridine rings is 3. The fourth-order valence-electron chi connectivity index (χ4n) is 6.71. The van der Waals surface area contributed by atoms with Gasteiger partial charge >= 0.3 is 0 Å². The van der Waals surface area contributed by atoms with Crippen molar-refractivity contribution in [2.75, 3.05) is 0 Å². The van der Waals surface area contributed by atoms with Gasteiger partial charge in [0, 0.05) is 55.9 Å². The number of fused-ring (bicyclic) bond motifs is 4. The highest BCUT2D eigenvalue weighted by atomic mass is 14.9. The Morgan fingerprint density at radius 1 is 0.420 bits per heavy atom. The fraction of sp³-hybridized carbons (Fsp3) is 0.0444. The van der Waals surface area contributed by atoms with Crippen molar-refractivity contribution in [2.45, 2.75) is 13.3 Å². The lowest BCUT2D eigenvalue weighted by molar-refractivity contribution is 1.06. The van der Waals surface area contributed by atoms with Crippen molar-refractivity contribution >= 4 is 32.7 Å². The number of benzene rings is 5. The van der Waals surface area contributed by atoms with Crippen LogP contribution in [0.25, 0.3) is 89.0 Å². The van der Waals surface area contributed by atoms with E-state index in [1.165, 1.54) is 0 Å². The Labute approximate surface area is 290 Å². The zero-order valence-corrected chi connectivity index (χ0v) is 27.5. The Morgan fingerprint density at radius 2 is 1.06 bits per heavy atom. The van der Waals surface area contributed by atoms with E-state index in [4.69, 9.17) is 24.9 Å². The summed E-state index contributed by atoms with van der Waals surface area (Å²) in [6.07, 6.45) is 2.69. The molecule has 0 atom stereocenters. The summed E-state index contributed by atoms with van der Waals surface area (Å²) in [5, 5.41) is 3.13. The summed E-state index contributed by atoms with van der Waals surface area (Å²) in [6, 6.07) is 52.2. The second kappa shape index (κ2) is 12.5. The second-order valence-corrected chi connectivity index (χ2v) is 12.4. The molecule has 0 N–H and O–H groups in total. The Hall–Kier alpha value is -6.59. The number of aromatic nitrogens is 5. The number of para-hydroxylation sites is 1. The third-order valence-corrected chi connectivity index (χ3v) is 9.27. The molecule has 0 bridgehead atoms. The molecule has 4 aromatic heterocycles. The van der Waals surface area contributed by atoms with E-state index >= 15 is 0 Å². The Balaban J connectivity index is 1.30. The first kappa shape index (κ1) is 29.5. The van der Waals surface area contributed by atoms with Crippen LogP contribution in [0.4, 0.5) is 0 Å². The van der Waals surface area contributed by atoms with Gasteiger partial charge in [-0.25, -0.2) is 15.0 Å². The monoisotopic (exact) mass is 641 g/mol. The second-order valence-electron chi connectivity index (χ2n) is 12.4. The highest BCUT2D eigenvalue weighted by Crippen LogP contribution is 2.37. The van der Waals surface area contributed by atoms with Gasteiger partial charge in [0.15, 0.2) is 5.82 Å². The molecule has 0 amide bonds. The van der Waals surface area contributed by atoms with Crippen LogP contribution in [0.2, 0.25) is 0 Å². The summed E-state index contributed by atoms with van der Waals surface area (Å²) in [5.41, 5.74) is 12.4. The largest absolute Gasteiger partial charge is 0.256 e. The van der Waals surface area contributed by atoms with Crippen molar-refractivity contribution in [1.82, 2.24) is 24.9 Å². The van der Waals surface area contributed by atoms with E-state index in [0.29, 0.717) is 5.82 Å². The molecule has 0 saturated carbocycles. The van der Waals surface area contributed by atoms with Gasteiger partial charge in [-0.1, -0.05) is 128 Å². The maximum Gasteiger partial charge on any atom is 0.161 e. The smallest absolute Gasteiger partial charge is 0.161 e. The SMILES string of the molecule is CCc1ccc2ccc3c(-c4nc(-c5ccccc5)cc(-c5cccc(-c6cccc7cccnc67)c5)n4)cc(-c4ccccc4)nc3c2n1. The molecule has 9 rings (SSSR count). The normalized spacial score (nSPS) is 11.4. The molecular formula is C45H31N5. The molecule has 5 heteroatoms. The molecule has 0 fully saturated rings. The minimum absolute atomic E-state index is 0.633. The standard InChI is InChI=1S/C45H31N5/c1-2-35-23-21-32-22-24-37-38(27-39(29-12-5-3-6-13-29)48-44(37)43(32)47-35)45-49-40(30-14-7-4-8-15-30)28-41(50-45)34-18-9-17-33(26-34)36-20-10-16-31-19-11-25-46-42(31)36/h3-28H,2H2,1H3. The van der Waals surface area contributed by atoms with Crippen LogP contribution in [-0.4, -0.2) is 24.9 Å². The molecule has 236 valence electrons. The van der Waals surface area contributed by atoms with E-state index in [9.17, 15) is 0 Å². The van der Waals surface area contributed by atoms with E-state index in [-0.39, 0.29) is 0 Å². The molecule has 5 aromatic carbocycles. The van der Waals surface area contributed by atoms with Gasteiger partial charge in [0.05, 0.1) is 33.6 Å². The lowest BCUT2D eigenvalue weighted by Crippen LogP contribution is -1.99. The quantitative estimate of drug-likeness (QED) is 0.169. The minimum atomic E-state index is 0.633. The molecule has 50 heavy (non-hydrogen) atoms. The van der Waals surface area contributed by atoms with Crippen LogP contribution >= 0.6 is 0 Å². The number of rotatable bonds is 6. The van der Waals surface area contributed by atoms with Crippen molar-refractivity contribution in [3.63, 3.8) is 0 Å². The van der Waals surface area contributed by atoms with E-state index in [2.05, 4.69) is 116 Å². The van der Waals surface area contributed by atoms with Crippen molar-refractivity contribution in [3.05, 3.63) is 164 Å². The molecule has 0 radical (unpaired) electrons. The van der Waals surface area contributed by atoms with Crippen LogP contribution in [0.1, 0.15) is 12.6 Å². The molecule has 0 spiro atoms. The van der Waals surface area contributed by atoms with Gasteiger partial charge in [0.25, 0.3) is 0 Å². The minimum Gasteiger partial charge on any atom is -0.256 e. The van der Waals surface area contributed by atoms with Gasteiger partial charge in [-0.2, -0.15) is 0 Å². The van der Waals surface area contributed by atoms with Gasteiger partial charge in [0.1, 0.15) is 0 Å². The molecule has 0 unspecified atom stereocenters. The number of aryl methyl sites for hydroxylation is 1. The average Bonchev–Trinajstić information content (AvgIpc) is 3.20. The average molecular weight is 642 g/mol. The Bertz CT molecular complexity index is 2680. The Morgan fingerprint density at radius 3 is 1.84 bits per heavy atom. The molecule has 9 aromatic rings. The van der Waals surface area contributed by atoms with Gasteiger partial charge in [-0.15, -0.1) is 0 Å². The summed E-state index contributed by atoms with van der Waals surface area (Å²) >= 11 is 0. The third kappa shape index (κ3) is 5.35. The Kier molecular flexibility index (Phi) is 7.36. The van der Waals surface area contributed by atoms with Gasteiger partial charge in [-0.05, 0) is 42.3 Å². The predicted molar refractivity (Wildman–Crippen MR) is 204 cm³/mol. The topological polar surface area (TPSA) is 64.5 Å². The fourth-order valence-corrected chi connectivity index (χ4v) is 6.71. The first-order chi connectivity index (χ1) is 24.7. The summed E-state index contributed by atoms with van der Waals surface area (Å²) in [4.78, 5) is 25.6. The summed E-state index contributed by atoms with van der Waals surface area (Å²) in [7, 11) is 0. The summed E-state index contributed by atoms with van der Waals surface area (Å²) in [5.74, 6) is 0.633. The number of hydrogen-bond donors (Lipinski definition) is 0. The first-order valence-electron chi connectivity index (χ1n) is 16.9. The first-order valence-corrected chi connectivity index (χ1v) is 16.9. The summed E-state index contributed by atoms with van der Waals surface area (Å²) in [6.45, 7) is 2.13. The highest BCUT2D eigenvalue weighted by Gasteiger charge is 2.18. The maximum atomic E-state index is 5.32. The third-order valence-electron chi connectivity index (χ3n) is 9.27. The molecule has 0 aliphatic carbocycles. The van der Waals surface area contributed by atoms with Crippen LogP contribution in [0.5, 0.6) is 0 Å². The lowest BCUT2D eigenvalue weighted by atomic mass is 9.98. The van der Waals surface area contributed by atoms with Crippen molar-refractivity contribution < 1.29 is 0 Å². The van der Waals surface area contributed by atoms with Crippen LogP contribution in [-0.2, 0) is 6.42 Å². The predicted octanol–water partition coefficient (Wildman–Crippen LogP) is 11.0. The van der Waals surface area contributed by atoms with Crippen LogP contribution in [0.3, 0.4) is 0 Å². The highest BCUT2D eigenvalue weighted by molar-refractivity contribution is 6.09. The van der Waals surface area contributed by atoms with Gasteiger partial charge < -0.3 is 0 Å².